The molecule has 1 aromatic carbocycles. The summed E-state index contributed by atoms with van der Waals surface area (Å²) in [6, 6.07) is 5.10. The highest BCUT2D eigenvalue weighted by molar-refractivity contribution is 6.05. The lowest BCUT2D eigenvalue weighted by Gasteiger charge is -2.29. The first-order chi connectivity index (χ1) is 12.9. The summed E-state index contributed by atoms with van der Waals surface area (Å²) in [7, 11) is 3.74. The number of carbonyl (C=O) groups is 3. The largest absolute Gasteiger partial charge is 0.390 e. The summed E-state index contributed by atoms with van der Waals surface area (Å²) in [6.07, 6.45) is 0.171. The lowest BCUT2D eigenvalue weighted by atomic mass is 10.0. The topological polar surface area (TPSA) is 102 Å². The Morgan fingerprint density at radius 2 is 2.15 bits per heavy atom. The molecule has 0 radical (unpaired) electrons. The third kappa shape index (κ3) is 4.35. The molecular formula is C19H26N4O4. The van der Waals surface area contributed by atoms with E-state index in [4.69, 9.17) is 0 Å². The van der Waals surface area contributed by atoms with Crippen LogP contribution in [-0.2, 0) is 22.7 Å². The molecule has 2 aliphatic heterocycles. The molecule has 3 amide bonds. The van der Waals surface area contributed by atoms with Crippen molar-refractivity contribution >= 4 is 17.7 Å². The number of nitrogens with zero attached hydrogens (tertiary/aromatic N) is 2. The predicted molar refractivity (Wildman–Crippen MR) is 98.8 cm³/mol. The lowest BCUT2D eigenvalue weighted by Crippen LogP contribution is -2.52. The molecule has 1 fully saturated rings. The van der Waals surface area contributed by atoms with Gasteiger partial charge in [0.05, 0.1) is 6.10 Å². The molecule has 0 spiro atoms. The zero-order valence-corrected chi connectivity index (χ0v) is 15.7. The molecule has 2 aliphatic rings. The van der Waals surface area contributed by atoms with Crippen LogP contribution in [0.25, 0.3) is 0 Å². The monoisotopic (exact) mass is 374 g/mol. The van der Waals surface area contributed by atoms with E-state index in [-0.39, 0.29) is 18.2 Å². The number of hydrogen-bond acceptors (Lipinski definition) is 6. The third-order valence-electron chi connectivity index (χ3n) is 5.00. The zero-order chi connectivity index (χ0) is 19.6. The minimum atomic E-state index is -0.592. The summed E-state index contributed by atoms with van der Waals surface area (Å²) in [5.74, 6) is -0.846. The van der Waals surface area contributed by atoms with Gasteiger partial charge in [-0.3, -0.25) is 24.6 Å². The van der Waals surface area contributed by atoms with E-state index in [1.54, 1.807) is 18.0 Å². The summed E-state index contributed by atoms with van der Waals surface area (Å²) in [5.41, 5.74) is 2.55. The number of fused-ring (bicyclic) bond motifs is 1. The van der Waals surface area contributed by atoms with E-state index >= 15 is 0 Å². The maximum absolute atomic E-state index is 12.7. The van der Waals surface area contributed by atoms with E-state index in [2.05, 4.69) is 10.6 Å². The second kappa shape index (κ2) is 8.16. The van der Waals surface area contributed by atoms with Crippen molar-refractivity contribution in [3.8, 4) is 0 Å². The van der Waals surface area contributed by atoms with Crippen LogP contribution in [0, 0.1) is 0 Å². The Kier molecular flexibility index (Phi) is 5.88. The Morgan fingerprint density at radius 3 is 2.85 bits per heavy atom. The van der Waals surface area contributed by atoms with Crippen molar-refractivity contribution in [2.45, 2.75) is 38.1 Å². The van der Waals surface area contributed by atoms with Gasteiger partial charge < -0.3 is 15.3 Å². The van der Waals surface area contributed by atoms with Gasteiger partial charge in [0, 0.05) is 38.2 Å². The first-order valence-electron chi connectivity index (χ1n) is 9.16. The maximum Gasteiger partial charge on any atom is 0.255 e. The number of hydrogen-bond donors (Lipinski definition) is 3. The van der Waals surface area contributed by atoms with Crippen LogP contribution in [-0.4, -0.2) is 72.0 Å². The molecule has 1 aromatic rings. The zero-order valence-electron chi connectivity index (χ0n) is 15.7. The number of aliphatic hydroxyl groups is 1. The molecule has 27 heavy (non-hydrogen) atoms. The molecule has 2 atom stereocenters. The van der Waals surface area contributed by atoms with Crippen molar-refractivity contribution in [1.82, 2.24) is 20.4 Å². The highest BCUT2D eigenvalue weighted by atomic mass is 16.3. The molecule has 3 rings (SSSR count). The molecule has 2 heterocycles. The number of carbonyl (C=O) groups excluding carboxylic acids is 3. The van der Waals surface area contributed by atoms with Gasteiger partial charge in [-0.15, -0.1) is 0 Å². The van der Waals surface area contributed by atoms with Crippen molar-refractivity contribution in [2.75, 3.05) is 27.2 Å². The van der Waals surface area contributed by atoms with Gasteiger partial charge in [-0.25, -0.2) is 0 Å². The quantitative estimate of drug-likeness (QED) is 0.554. The van der Waals surface area contributed by atoms with Crippen LogP contribution >= 0.6 is 0 Å². The smallest absolute Gasteiger partial charge is 0.255 e. The normalized spacial score (nSPS) is 20.8. The highest BCUT2D eigenvalue weighted by Crippen LogP contribution is 2.28. The third-order valence-corrected chi connectivity index (χ3v) is 5.00. The van der Waals surface area contributed by atoms with E-state index in [1.165, 1.54) is 0 Å². The van der Waals surface area contributed by atoms with Crippen molar-refractivity contribution < 1.29 is 19.5 Å². The minimum Gasteiger partial charge on any atom is -0.390 e. The Labute approximate surface area is 158 Å². The van der Waals surface area contributed by atoms with Gasteiger partial charge in [0.1, 0.15) is 6.04 Å². The summed E-state index contributed by atoms with van der Waals surface area (Å²) >= 11 is 0. The molecular weight excluding hydrogens is 348 g/mol. The fourth-order valence-electron chi connectivity index (χ4n) is 3.76. The Morgan fingerprint density at radius 1 is 1.37 bits per heavy atom. The number of aliphatic hydroxyl groups excluding tert-OH is 1. The van der Waals surface area contributed by atoms with E-state index < -0.39 is 18.1 Å². The van der Waals surface area contributed by atoms with Crippen LogP contribution in [0.2, 0.25) is 0 Å². The van der Waals surface area contributed by atoms with Crippen LogP contribution in [0.1, 0.15) is 34.3 Å². The van der Waals surface area contributed by atoms with Crippen LogP contribution in [0.15, 0.2) is 18.2 Å². The second-order valence-electron chi connectivity index (χ2n) is 7.30. The molecule has 3 N–H and O–H groups in total. The second-order valence-corrected chi connectivity index (χ2v) is 7.30. The van der Waals surface area contributed by atoms with Crippen molar-refractivity contribution in [2.24, 2.45) is 0 Å². The molecule has 0 aliphatic carbocycles. The van der Waals surface area contributed by atoms with Crippen molar-refractivity contribution in [1.29, 1.82) is 0 Å². The summed E-state index contributed by atoms with van der Waals surface area (Å²) in [5, 5.41) is 15.1. The number of amides is 3. The lowest BCUT2D eigenvalue weighted by molar-refractivity contribution is -0.136. The Balaban J connectivity index is 1.67. The van der Waals surface area contributed by atoms with Crippen molar-refractivity contribution in [3.63, 3.8) is 0 Å². The fraction of sp³-hybridized carbons (Fsp3) is 0.526. The van der Waals surface area contributed by atoms with Crippen LogP contribution in [0.3, 0.4) is 0 Å². The number of likely N-dealkylation sites (N-methyl/N-ethyl adjacent to an activating group) is 2. The average Bonchev–Trinajstić information content (AvgIpc) is 2.91. The predicted octanol–water partition coefficient (Wildman–Crippen LogP) is -0.540. The molecule has 2 unspecified atom stereocenters. The van der Waals surface area contributed by atoms with E-state index in [1.807, 2.05) is 24.1 Å². The minimum absolute atomic E-state index is 0.163. The number of nitrogens with one attached hydrogen (secondary N) is 2. The number of piperidine rings is 1. The molecule has 146 valence electrons. The molecule has 0 aromatic heterocycles. The number of rotatable bonds is 7. The molecule has 0 saturated carbocycles. The SMILES string of the molecule is CNCC(O)CN(C)Cc1ccc2c(c1)CN(C1CCC(=O)NC1=O)C2=O. The molecule has 1 saturated heterocycles. The van der Waals surface area contributed by atoms with Gasteiger partial charge >= 0.3 is 0 Å². The van der Waals surface area contributed by atoms with E-state index in [0.29, 0.717) is 38.2 Å². The summed E-state index contributed by atoms with van der Waals surface area (Å²) in [6.45, 7) is 2.10. The highest BCUT2D eigenvalue weighted by Gasteiger charge is 2.39. The van der Waals surface area contributed by atoms with E-state index in [9.17, 15) is 19.5 Å². The van der Waals surface area contributed by atoms with Crippen LogP contribution in [0.4, 0.5) is 0 Å². The molecule has 0 bridgehead atoms. The first-order valence-corrected chi connectivity index (χ1v) is 9.16. The van der Waals surface area contributed by atoms with Gasteiger partial charge in [0.25, 0.3) is 5.91 Å². The Hall–Kier alpha value is -2.29. The first kappa shape index (κ1) is 19.5. The van der Waals surface area contributed by atoms with Gasteiger partial charge in [0.15, 0.2) is 0 Å². The molecule has 8 heteroatoms. The van der Waals surface area contributed by atoms with Crippen molar-refractivity contribution in [3.05, 3.63) is 34.9 Å². The Bertz CT molecular complexity index is 751. The number of benzene rings is 1. The summed E-state index contributed by atoms with van der Waals surface area (Å²) < 4.78 is 0. The number of imide groups is 1. The van der Waals surface area contributed by atoms with E-state index in [0.717, 1.165) is 11.1 Å². The standard InChI is InChI=1S/C19H26N4O4/c1-20-8-14(24)11-22(2)9-12-3-4-15-13(7-12)10-23(19(15)27)16-5-6-17(25)21-18(16)26/h3-4,7,14,16,20,24H,5-6,8-11H2,1-2H3,(H,21,25,26). The van der Waals surface area contributed by atoms with Crippen LogP contribution < -0.4 is 10.6 Å². The van der Waals surface area contributed by atoms with Gasteiger partial charge in [-0.1, -0.05) is 12.1 Å². The van der Waals surface area contributed by atoms with Gasteiger partial charge in [-0.05, 0) is 37.7 Å². The maximum atomic E-state index is 12.7. The van der Waals surface area contributed by atoms with Gasteiger partial charge in [0.2, 0.25) is 11.8 Å². The average molecular weight is 374 g/mol. The van der Waals surface area contributed by atoms with Crippen LogP contribution in [0.5, 0.6) is 0 Å². The van der Waals surface area contributed by atoms with Gasteiger partial charge in [-0.2, -0.15) is 0 Å². The summed E-state index contributed by atoms with van der Waals surface area (Å²) in [4.78, 5) is 39.7. The molecule has 8 nitrogen and oxygen atoms in total. The fourth-order valence-corrected chi connectivity index (χ4v) is 3.76.